The lowest BCUT2D eigenvalue weighted by molar-refractivity contribution is 0.244. The molecule has 0 fully saturated rings. The molecular formula is C20H17Cl2N3O2S. The lowest BCUT2D eigenvalue weighted by atomic mass is 10.1. The molecule has 144 valence electrons. The van der Waals surface area contributed by atoms with E-state index < -0.39 is 0 Å². The van der Waals surface area contributed by atoms with Gasteiger partial charge in [-0.25, -0.2) is 4.98 Å². The van der Waals surface area contributed by atoms with Crippen LogP contribution in [0.5, 0.6) is 0 Å². The van der Waals surface area contributed by atoms with Gasteiger partial charge in [0.1, 0.15) is 16.4 Å². The van der Waals surface area contributed by atoms with Crippen LogP contribution in [0, 0.1) is 0 Å². The number of halogens is 2. The lowest BCUT2D eigenvalue weighted by Gasteiger charge is -2.24. The Kier molecular flexibility index (Phi) is 5.29. The van der Waals surface area contributed by atoms with Gasteiger partial charge >= 0.3 is 0 Å². The number of nitrogens with zero attached hydrogens (tertiary/aromatic N) is 2. The quantitative estimate of drug-likeness (QED) is 0.435. The van der Waals surface area contributed by atoms with E-state index >= 15 is 0 Å². The first-order valence-electron chi connectivity index (χ1n) is 8.64. The monoisotopic (exact) mass is 433 g/mol. The van der Waals surface area contributed by atoms with Crippen LogP contribution in [0.1, 0.15) is 24.4 Å². The second kappa shape index (κ2) is 7.72. The van der Waals surface area contributed by atoms with Crippen molar-refractivity contribution in [2.75, 3.05) is 7.05 Å². The summed E-state index contributed by atoms with van der Waals surface area (Å²) in [6.07, 6.45) is 1.59. The molecule has 8 heteroatoms. The molecular weight excluding hydrogens is 417 g/mol. The van der Waals surface area contributed by atoms with Crippen molar-refractivity contribution in [2.45, 2.75) is 19.5 Å². The number of thiophene rings is 1. The standard InChI is InChI=1S/C20H17Cl2N3O2S/c1-11(25(2)9-12-5-3-6-14(21)17(12)22)18-23-19(26)16-13(10-28-20(16)24-18)15-7-4-8-27-15/h3-8,10-11H,9H2,1-2H3,(H,23,24,26)/t11-/m1/s1. The lowest BCUT2D eigenvalue weighted by Crippen LogP contribution is -2.26. The predicted octanol–water partition coefficient (Wildman–Crippen LogP) is 5.74. The van der Waals surface area contributed by atoms with E-state index in [1.165, 1.54) is 11.3 Å². The second-order valence-electron chi connectivity index (χ2n) is 6.56. The van der Waals surface area contributed by atoms with Gasteiger partial charge < -0.3 is 9.40 Å². The van der Waals surface area contributed by atoms with Crippen LogP contribution in [0.2, 0.25) is 10.0 Å². The maximum absolute atomic E-state index is 12.8. The Balaban J connectivity index is 1.65. The van der Waals surface area contributed by atoms with E-state index in [9.17, 15) is 4.79 Å². The number of rotatable bonds is 5. The summed E-state index contributed by atoms with van der Waals surface area (Å²) in [4.78, 5) is 23.1. The summed E-state index contributed by atoms with van der Waals surface area (Å²) in [7, 11) is 1.95. The highest BCUT2D eigenvalue weighted by Crippen LogP contribution is 2.32. The Bertz CT molecular complexity index is 1180. The number of hydrogen-bond acceptors (Lipinski definition) is 5. The Morgan fingerprint density at radius 3 is 2.86 bits per heavy atom. The topological polar surface area (TPSA) is 62.1 Å². The van der Waals surface area contributed by atoms with Crippen molar-refractivity contribution < 1.29 is 4.42 Å². The van der Waals surface area contributed by atoms with Crippen molar-refractivity contribution in [1.29, 1.82) is 0 Å². The zero-order valence-corrected chi connectivity index (χ0v) is 17.5. The summed E-state index contributed by atoms with van der Waals surface area (Å²) >= 11 is 13.8. The molecule has 0 saturated carbocycles. The zero-order valence-electron chi connectivity index (χ0n) is 15.2. The number of benzene rings is 1. The van der Waals surface area contributed by atoms with Crippen molar-refractivity contribution >= 4 is 44.8 Å². The van der Waals surface area contributed by atoms with Gasteiger partial charge in [0.2, 0.25) is 0 Å². The Morgan fingerprint density at radius 2 is 2.11 bits per heavy atom. The number of H-pyrrole nitrogens is 1. The molecule has 0 spiro atoms. The Labute approximate surface area is 175 Å². The fourth-order valence-corrected chi connectivity index (χ4v) is 4.38. The van der Waals surface area contributed by atoms with E-state index in [0.717, 1.165) is 11.1 Å². The molecule has 0 bridgehead atoms. The zero-order chi connectivity index (χ0) is 19.8. The van der Waals surface area contributed by atoms with Crippen LogP contribution < -0.4 is 5.56 Å². The number of aromatic amines is 1. The summed E-state index contributed by atoms with van der Waals surface area (Å²) < 4.78 is 5.44. The molecule has 1 atom stereocenters. The minimum atomic E-state index is -0.173. The van der Waals surface area contributed by atoms with Crippen LogP contribution in [-0.2, 0) is 6.54 Å². The van der Waals surface area contributed by atoms with E-state index in [2.05, 4.69) is 14.9 Å². The molecule has 0 unspecified atom stereocenters. The molecule has 0 saturated heterocycles. The number of nitrogens with one attached hydrogen (secondary N) is 1. The first-order chi connectivity index (χ1) is 13.5. The smallest absolute Gasteiger partial charge is 0.260 e. The van der Waals surface area contributed by atoms with E-state index in [0.29, 0.717) is 38.4 Å². The SMILES string of the molecule is C[C@H](c1nc2scc(-c3ccco3)c2c(=O)[nH]1)N(C)Cc1cccc(Cl)c1Cl. The van der Waals surface area contributed by atoms with E-state index in [1.54, 1.807) is 18.4 Å². The van der Waals surface area contributed by atoms with Crippen LogP contribution >= 0.6 is 34.5 Å². The molecule has 28 heavy (non-hydrogen) atoms. The van der Waals surface area contributed by atoms with Gasteiger partial charge in [0.15, 0.2) is 0 Å². The van der Waals surface area contributed by atoms with Gasteiger partial charge in [0.05, 0.1) is 27.7 Å². The molecule has 1 aromatic carbocycles. The fraction of sp³-hybridized carbons (Fsp3) is 0.200. The molecule has 3 heterocycles. The first-order valence-corrected chi connectivity index (χ1v) is 10.3. The van der Waals surface area contributed by atoms with Crippen LogP contribution in [0.4, 0.5) is 0 Å². The highest BCUT2D eigenvalue weighted by Gasteiger charge is 2.20. The van der Waals surface area contributed by atoms with Crippen molar-refractivity contribution in [2.24, 2.45) is 0 Å². The van der Waals surface area contributed by atoms with Crippen LogP contribution in [0.15, 0.2) is 51.2 Å². The minimum absolute atomic E-state index is 0.124. The molecule has 0 aliphatic rings. The third kappa shape index (κ3) is 3.49. The third-order valence-corrected chi connectivity index (χ3v) is 6.49. The van der Waals surface area contributed by atoms with Crippen LogP contribution in [0.25, 0.3) is 21.5 Å². The summed E-state index contributed by atoms with van der Waals surface area (Å²) in [6, 6.07) is 9.08. The summed E-state index contributed by atoms with van der Waals surface area (Å²) in [6.45, 7) is 2.56. The highest BCUT2D eigenvalue weighted by molar-refractivity contribution is 7.17. The van der Waals surface area contributed by atoms with E-state index in [-0.39, 0.29) is 11.6 Å². The largest absolute Gasteiger partial charge is 0.464 e. The van der Waals surface area contributed by atoms with Crippen molar-refractivity contribution in [3.63, 3.8) is 0 Å². The Morgan fingerprint density at radius 1 is 1.29 bits per heavy atom. The molecule has 1 N–H and O–H groups in total. The van der Waals surface area contributed by atoms with Gasteiger partial charge in [-0.3, -0.25) is 9.69 Å². The van der Waals surface area contributed by atoms with Gasteiger partial charge in [-0.15, -0.1) is 11.3 Å². The molecule has 3 aromatic heterocycles. The van der Waals surface area contributed by atoms with Gasteiger partial charge in [-0.1, -0.05) is 35.3 Å². The molecule has 5 nitrogen and oxygen atoms in total. The van der Waals surface area contributed by atoms with Crippen LogP contribution in [0.3, 0.4) is 0 Å². The molecule has 0 aliphatic carbocycles. The van der Waals surface area contributed by atoms with Crippen LogP contribution in [-0.4, -0.2) is 21.9 Å². The highest BCUT2D eigenvalue weighted by atomic mass is 35.5. The van der Waals surface area contributed by atoms with E-state index in [4.69, 9.17) is 27.6 Å². The maximum Gasteiger partial charge on any atom is 0.260 e. The number of fused-ring (bicyclic) bond motifs is 1. The maximum atomic E-state index is 12.8. The molecule has 0 radical (unpaired) electrons. The van der Waals surface area contributed by atoms with Crippen molar-refractivity contribution in [1.82, 2.24) is 14.9 Å². The average Bonchev–Trinajstić information content (AvgIpc) is 3.34. The van der Waals surface area contributed by atoms with Crippen molar-refractivity contribution in [3.8, 4) is 11.3 Å². The minimum Gasteiger partial charge on any atom is -0.464 e. The summed E-state index contributed by atoms with van der Waals surface area (Å²) in [5.74, 6) is 1.26. The second-order valence-corrected chi connectivity index (χ2v) is 8.21. The number of hydrogen-bond donors (Lipinski definition) is 1. The fourth-order valence-electron chi connectivity index (χ4n) is 3.06. The third-order valence-electron chi connectivity index (χ3n) is 4.76. The molecule has 0 amide bonds. The Hall–Kier alpha value is -2.12. The molecule has 4 rings (SSSR count). The van der Waals surface area contributed by atoms with Gasteiger partial charge in [0, 0.05) is 17.5 Å². The van der Waals surface area contributed by atoms with E-state index in [1.807, 2.05) is 37.6 Å². The van der Waals surface area contributed by atoms with Gasteiger partial charge in [0.25, 0.3) is 5.56 Å². The summed E-state index contributed by atoms with van der Waals surface area (Å²) in [5.41, 5.74) is 1.51. The normalized spacial score (nSPS) is 12.8. The molecule has 0 aliphatic heterocycles. The first kappa shape index (κ1) is 19.2. The summed E-state index contributed by atoms with van der Waals surface area (Å²) in [5, 5.41) is 3.52. The average molecular weight is 434 g/mol. The predicted molar refractivity (Wildman–Crippen MR) is 114 cm³/mol. The molecule has 4 aromatic rings. The van der Waals surface area contributed by atoms with Gasteiger partial charge in [-0.05, 0) is 37.7 Å². The number of aromatic nitrogens is 2. The van der Waals surface area contributed by atoms with Gasteiger partial charge in [-0.2, -0.15) is 0 Å². The van der Waals surface area contributed by atoms with Crippen molar-refractivity contribution in [3.05, 3.63) is 73.8 Å². The number of furan rings is 1.